The minimum Gasteiger partial charge on any atom is -0.456 e. The summed E-state index contributed by atoms with van der Waals surface area (Å²) in [5.41, 5.74) is 22.9. The van der Waals surface area contributed by atoms with Gasteiger partial charge in [0.05, 0.1) is 22.4 Å². The Hall–Kier alpha value is -15.4. The standard InChI is InChI=1S/2C50H31N5O/c1-4-15-32(16-5-1)42-31-35-21-10-11-24-39(35)47-45(33-17-6-2-7-18-33)46(54-55(42)47)36-22-14-23-37(29-36)49-51-48(34-19-8-3-9-20-34)52-50(53-49)38-27-28-44-41(30-38)40-25-12-13-26-43(40)56-44;1-4-15-32(16-5-1)42-30-35-21-10-11-24-39(35)47-45(33-17-6-2-7-18-33)46(54-55(42)47)36-22-14-23-37(29-36)49-51-48(34-19-8-3-9-20-34)52-50(53-49)38-27-28-41-40-25-12-13-26-43(40)56-44(41)31-38/h2*1-31H. The second kappa shape index (κ2) is 27.4. The van der Waals surface area contributed by atoms with Crippen LogP contribution in [0, 0.1) is 0 Å². The van der Waals surface area contributed by atoms with Crippen LogP contribution in [-0.2, 0) is 0 Å². The van der Waals surface area contributed by atoms with Gasteiger partial charge < -0.3 is 8.83 Å². The van der Waals surface area contributed by atoms with Crippen molar-refractivity contribution in [3.8, 4) is 136 Å². The van der Waals surface area contributed by atoms with E-state index >= 15 is 0 Å². The molecule has 8 aromatic heterocycles. The first-order valence-electron chi connectivity index (χ1n) is 37.3. The lowest BCUT2D eigenvalue weighted by Crippen LogP contribution is -2.00. The SMILES string of the molecule is c1ccc(-c2nc(-c3cccc(-c4nn5c(-c6ccccc6)cc6ccccc6c5c4-c4ccccc4)c3)nc(-c3ccc4c(c3)oc3ccccc34)n2)cc1.c1ccc(-c2nc(-c3cccc(-c4nn5c(-c6ccccc6)cc6ccccc6c5c4-c4ccccc4)c3)nc(-c3ccc4oc5ccccc5c4c3)n2)cc1. The summed E-state index contributed by atoms with van der Waals surface area (Å²) in [6.45, 7) is 0. The number of furan rings is 2. The molecule has 22 rings (SSSR count). The van der Waals surface area contributed by atoms with Crippen LogP contribution >= 0.6 is 0 Å². The van der Waals surface area contributed by atoms with Crippen LogP contribution in [0.1, 0.15) is 0 Å². The second-order valence-electron chi connectivity index (χ2n) is 27.8. The van der Waals surface area contributed by atoms with Crippen LogP contribution in [0.5, 0.6) is 0 Å². The molecule has 0 bridgehead atoms. The number of hydrogen-bond acceptors (Lipinski definition) is 10. The van der Waals surface area contributed by atoms with Crippen LogP contribution in [0.2, 0.25) is 0 Å². The average molecular weight is 1440 g/mol. The second-order valence-corrected chi connectivity index (χ2v) is 27.8. The van der Waals surface area contributed by atoms with E-state index < -0.39 is 0 Å². The van der Waals surface area contributed by atoms with Crippen LogP contribution in [0.4, 0.5) is 0 Å². The summed E-state index contributed by atoms with van der Waals surface area (Å²) in [7, 11) is 0. The first kappa shape index (κ1) is 64.9. The molecule has 0 fully saturated rings. The maximum Gasteiger partial charge on any atom is 0.164 e. The maximum atomic E-state index is 6.26. The van der Waals surface area contributed by atoms with E-state index in [0.29, 0.717) is 34.9 Å². The van der Waals surface area contributed by atoms with Crippen molar-refractivity contribution >= 4 is 76.5 Å². The lowest BCUT2D eigenvalue weighted by atomic mass is 9.96. The van der Waals surface area contributed by atoms with Gasteiger partial charge in [-0.05, 0) is 88.6 Å². The summed E-state index contributed by atoms with van der Waals surface area (Å²) in [6, 6.07) is 129. The molecule has 0 N–H and O–H groups in total. The van der Waals surface area contributed by atoms with E-state index in [-0.39, 0.29) is 0 Å². The van der Waals surface area contributed by atoms with Crippen LogP contribution in [0.25, 0.3) is 212 Å². The fourth-order valence-electron chi connectivity index (χ4n) is 15.6. The largest absolute Gasteiger partial charge is 0.456 e. The number of para-hydroxylation sites is 2. The number of aromatic nitrogens is 10. The smallest absolute Gasteiger partial charge is 0.164 e. The molecule has 12 heteroatoms. The topological polar surface area (TPSA) is 138 Å². The zero-order valence-electron chi connectivity index (χ0n) is 60.1. The molecular weight excluding hydrogens is 1370 g/mol. The van der Waals surface area contributed by atoms with Gasteiger partial charge in [0.2, 0.25) is 0 Å². The number of benzene rings is 14. The minimum absolute atomic E-state index is 0.568. The fraction of sp³-hybridized carbons (Fsp3) is 0. The number of fused-ring (bicyclic) bond motifs is 12. The van der Waals surface area contributed by atoms with Gasteiger partial charge in [-0.3, -0.25) is 0 Å². The summed E-state index contributed by atoms with van der Waals surface area (Å²) in [5.74, 6) is 3.50. The van der Waals surface area contributed by atoms with Gasteiger partial charge in [-0.15, -0.1) is 0 Å². The minimum atomic E-state index is 0.568. The quantitative estimate of drug-likeness (QED) is 0.116. The molecule has 0 spiro atoms. The third-order valence-electron chi connectivity index (χ3n) is 20.9. The number of pyridine rings is 2. The lowest BCUT2D eigenvalue weighted by molar-refractivity contribution is 0.668. The molecule has 0 saturated heterocycles. The molecule has 0 aliphatic heterocycles. The maximum absolute atomic E-state index is 6.26. The molecule has 0 atom stereocenters. The van der Waals surface area contributed by atoms with Gasteiger partial charge in [0, 0.05) is 99.1 Å². The Morgan fingerprint density at radius 3 is 0.938 bits per heavy atom. The van der Waals surface area contributed by atoms with Gasteiger partial charge in [-0.25, -0.2) is 38.9 Å². The summed E-state index contributed by atoms with van der Waals surface area (Å²) < 4.78 is 16.6. The third-order valence-corrected chi connectivity index (χ3v) is 20.9. The van der Waals surface area contributed by atoms with Gasteiger partial charge in [-0.2, -0.15) is 10.2 Å². The highest BCUT2D eigenvalue weighted by Gasteiger charge is 2.26. The fourth-order valence-corrected chi connectivity index (χ4v) is 15.6. The van der Waals surface area contributed by atoms with Gasteiger partial charge in [0.15, 0.2) is 34.9 Å². The molecule has 0 radical (unpaired) electrons. The van der Waals surface area contributed by atoms with Gasteiger partial charge in [0.25, 0.3) is 0 Å². The van der Waals surface area contributed by atoms with Crippen molar-refractivity contribution in [2.45, 2.75) is 0 Å². The van der Waals surface area contributed by atoms with Gasteiger partial charge in [0.1, 0.15) is 33.7 Å². The average Bonchev–Trinajstić information content (AvgIpc) is 1.55. The van der Waals surface area contributed by atoms with Crippen molar-refractivity contribution in [1.29, 1.82) is 0 Å². The van der Waals surface area contributed by atoms with E-state index in [1.807, 2.05) is 127 Å². The van der Waals surface area contributed by atoms with E-state index in [2.05, 4.69) is 258 Å². The lowest BCUT2D eigenvalue weighted by Gasteiger charge is -2.11. The highest BCUT2D eigenvalue weighted by Crippen LogP contribution is 2.45. The van der Waals surface area contributed by atoms with Crippen molar-refractivity contribution in [3.05, 3.63) is 376 Å². The molecule has 14 aromatic carbocycles. The van der Waals surface area contributed by atoms with E-state index in [4.69, 9.17) is 48.9 Å². The van der Waals surface area contributed by atoms with E-state index in [1.165, 1.54) is 0 Å². The molecule has 524 valence electrons. The third kappa shape index (κ3) is 11.7. The molecule has 0 saturated carbocycles. The predicted octanol–water partition coefficient (Wildman–Crippen LogP) is 25.1. The normalized spacial score (nSPS) is 11.6. The zero-order chi connectivity index (χ0) is 74.0. The zero-order valence-corrected chi connectivity index (χ0v) is 60.1. The predicted molar refractivity (Wildman–Crippen MR) is 452 cm³/mol. The van der Waals surface area contributed by atoms with Crippen LogP contribution < -0.4 is 0 Å². The van der Waals surface area contributed by atoms with Crippen molar-refractivity contribution in [1.82, 2.24) is 49.1 Å². The first-order chi connectivity index (χ1) is 55.5. The van der Waals surface area contributed by atoms with Crippen LogP contribution in [-0.4, -0.2) is 49.1 Å². The Morgan fingerprint density at radius 1 is 0.188 bits per heavy atom. The molecular formula is C100H62N10O2. The van der Waals surface area contributed by atoms with E-state index in [1.54, 1.807) is 0 Å². The first-order valence-corrected chi connectivity index (χ1v) is 37.3. The Kier molecular flexibility index (Phi) is 15.9. The number of rotatable bonds is 12. The van der Waals surface area contributed by atoms with Crippen molar-refractivity contribution in [3.63, 3.8) is 0 Å². The Labute approximate surface area is 642 Å². The molecule has 0 amide bonds. The molecule has 0 aliphatic carbocycles. The molecule has 12 nitrogen and oxygen atoms in total. The summed E-state index contributed by atoms with van der Waals surface area (Å²) in [5, 5.41) is 19.7. The summed E-state index contributed by atoms with van der Waals surface area (Å²) >= 11 is 0. The summed E-state index contributed by atoms with van der Waals surface area (Å²) in [4.78, 5) is 30.5. The molecule has 0 unspecified atom stereocenters. The van der Waals surface area contributed by atoms with Gasteiger partial charge >= 0.3 is 0 Å². The highest BCUT2D eigenvalue weighted by atomic mass is 16.3. The van der Waals surface area contributed by atoms with E-state index in [0.717, 1.165) is 177 Å². The number of hydrogen-bond donors (Lipinski definition) is 0. The Morgan fingerprint density at radius 2 is 0.491 bits per heavy atom. The molecule has 0 aliphatic rings. The molecule has 112 heavy (non-hydrogen) atoms. The highest BCUT2D eigenvalue weighted by molar-refractivity contribution is 6.11. The summed E-state index contributed by atoms with van der Waals surface area (Å²) in [6.07, 6.45) is 0. The van der Waals surface area contributed by atoms with Crippen LogP contribution in [0.15, 0.2) is 385 Å². The van der Waals surface area contributed by atoms with Gasteiger partial charge in [-0.1, -0.05) is 309 Å². The Bertz CT molecular complexity index is 7360. The Balaban J connectivity index is 0.000000141. The van der Waals surface area contributed by atoms with Crippen molar-refractivity contribution < 1.29 is 8.83 Å². The van der Waals surface area contributed by atoms with Crippen molar-refractivity contribution in [2.24, 2.45) is 0 Å². The van der Waals surface area contributed by atoms with Crippen molar-refractivity contribution in [2.75, 3.05) is 0 Å². The van der Waals surface area contributed by atoms with Crippen LogP contribution in [0.3, 0.4) is 0 Å². The molecule has 22 aromatic rings. The monoisotopic (exact) mass is 1430 g/mol. The van der Waals surface area contributed by atoms with E-state index in [9.17, 15) is 0 Å². The molecule has 8 heterocycles. The number of nitrogens with zero attached hydrogens (tertiary/aromatic N) is 10.